The summed E-state index contributed by atoms with van der Waals surface area (Å²) in [4.78, 5) is 14.6. The summed E-state index contributed by atoms with van der Waals surface area (Å²) in [5.74, 6) is 0.103. The van der Waals surface area contributed by atoms with Gasteiger partial charge in [-0.1, -0.05) is 24.3 Å². The number of benzene rings is 2. The van der Waals surface area contributed by atoms with Gasteiger partial charge in [-0.05, 0) is 29.1 Å². The van der Waals surface area contributed by atoms with Crippen LogP contribution in [0.1, 0.15) is 6.42 Å². The molecule has 2 aromatic carbocycles. The molecule has 1 amide bonds. The van der Waals surface area contributed by atoms with Gasteiger partial charge in [0.25, 0.3) is 0 Å². The van der Waals surface area contributed by atoms with E-state index in [4.69, 9.17) is 0 Å². The third kappa shape index (κ3) is 2.51. The molecule has 0 radical (unpaired) electrons. The minimum Gasteiger partial charge on any atom is -0.364 e. The second-order valence-corrected chi connectivity index (χ2v) is 7.59. The van der Waals surface area contributed by atoms with Gasteiger partial charge < -0.3 is 15.5 Å². The number of nitrogens with zero attached hydrogens (tertiary/aromatic N) is 1. The van der Waals surface area contributed by atoms with E-state index < -0.39 is 0 Å². The molecule has 3 aromatic rings. The Balaban J connectivity index is 1.65. The smallest absolute Gasteiger partial charge is 0.226 e. The number of piperazine rings is 1. The number of fused-ring (bicyclic) bond motifs is 4. The lowest BCUT2D eigenvalue weighted by Gasteiger charge is -2.36. The predicted molar refractivity (Wildman–Crippen MR) is 105 cm³/mol. The highest BCUT2D eigenvalue weighted by molar-refractivity contribution is 7.17. The zero-order valence-corrected chi connectivity index (χ0v) is 14.6. The Morgan fingerprint density at radius 3 is 3.04 bits per heavy atom. The molecule has 126 valence electrons. The highest BCUT2D eigenvalue weighted by atomic mass is 32.1. The number of amides is 1. The van der Waals surface area contributed by atoms with E-state index in [2.05, 4.69) is 63.4 Å². The molecule has 0 saturated carbocycles. The van der Waals surface area contributed by atoms with Crippen LogP contribution >= 0.6 is 11.3 Å². The third-order valence-corrected chi connectivity index (χ3v) is 6.11. The first-order valence-electron chi connectivity index (χ1n) is 8.67. The minimum absolute atomic E-state index is 0.103. The number of rotatable bonds is 1. The zero-order chi connectivity index (χ0) is 16.8. The quantitative estimate of drug-likeness (QED) is 0.704. The molecule has 2 aliphatic rings. The standard InChI is InChI=1S/C20H19N3OS/c24-20-10-14-11-21-7-8-23(14)18-9-13(5-6-17(18)22-20)16-12-25-19-4-2-1-3-15(16)19/h1-6,9,12,14,21H,7-8,10-11H2,(H,22,24). The fraction of sp³-hybridized carbons (Fsp3) is 0.250. The lowest BCUT2D eigenvalue weighted by Crippen LogP contribution is -2.51. The number of hydrogen-bond acceptors (Lipinski definition) is 4. The van der Waals surface area contributed by atoms with Gasteiger partial charge in [-0.2, -0.15) is 0 Å². The maximum atomic E-state index is 12.2. The van der Waals surface area contributed by atoms with Crippen LogP contribution in [-0.4, -0.2) is 31.6 Å². The molecule has 1 aromatic heterocycles. The third-order valence-electron chi connectivity index (χ3n) is 5.14. The predicted octanol–water partition coefficient (Wildman–Crippen LogP) is 3.69. The van der Waals surface area contributed by atoms with Crippen LogP contribution in [0.5, 0.6) is 0 Å². The molecule has 4 nitrogen and oxygen atoms in total. The van der Waals surface area contributed by atoms with E-state index in [1.54, 1.807) is 11.3 Å². The Bertz CT molecular complexity index is 964. The molecular formula is C20H19N3OS. The summed E-state index contributed by atoms with van der Waals surface area (Å²) in [6, 6.07) is 15.2. The monoisotopic (exact) mass is 349 g/mol. The zero-order valence-electron chi connectivity index (χ0n) is 13.8. The van der Waals surface area contributed by atoms with Crippen molar-refractivity contribution in [2.75, 3.05) is 29.9 Å². The summed E-state index contributed by atoms with van der Waals surface area (Å²) >= 11 is 1.78. The van der Waals surface area contributed by atoms with Crippen LogP contribution in [0.25, 0.3) is 21.2 Å². The van der Waals surface area contributed by atoms with Crippen molar-refractivity contribution in [3.63, 3.8) is 0 Å². The maximum absolute atomic E-state index is 12.2. The van der Waals surface area contributed by atoms with Crippen LogP contribution in [0.4, 0.5) is 11.4 Å². The number of nitrogens with one attached hydrogen (secondary N) is 2. The molecular weight excluding hydrogens is 330 g/mol. The van der Waals surface area contributed by atoms with Crippen LogP contribution in [0.3, 0.4) is 0 Å². The molecule has 25 heavy (non-hydrogen) atoms. The fourth-order valence-corrected chi connectivity index (χ4v) is 4.89. The molecule has 2 N–H and O–H groups in total. The molecule has 1 unspecified atom stereocenters. The van der Waals surface area contributed by atoms with Crippen LogP contribution in [0, 0.1) is 0 Å². The van der Waals surface area contributed by atoms with E-state index in [0.717, 1.165) is 31.0 Å². The van der Waals surface area contributed by atoms with Gasteiger partial charge in [0.1, 0.15) is 0 Å². The molecule has 1 saturated heterocycles. The average Bonchev–Trinajstić information content (AvgIpc) is 3.00. The van der Waals surface area contributed by atoms with Crippen LogP contribution in [-0.2, 0) is 4.79 Å². The van der Waals surface area contributed by atoms with Gasteiger partial charge in [0.05, 0.1) is 17.4 Å². The van der Waals surface area contributed by atoms with Crippen molar-refractivity contribution in [2.45, 2.75) is 12.5 Å². The van der Waals surface area contributed by atoms with Crippen molar-refractivity contribution in [1.82, 2.24) is 5.32 Å². The van der Waals surface area contributed by atoms with Crippen molar-refractivity contribution < 1.29 is 4.79 Å². The number of anilines is 2. The van der Waals surface area contributed by atoms with Crippen molar-refractivity contribution >= 4 is 38.7 Å². The van der Waals surface area contributed by atoms with Crippen molar-refractivity contribution in [3.8, 4) is 11.1 Å². The van der Waals surface area contributed by atoms with Gasteiger partial charge in [0.15, 0.2) is 0 Å². The van der Waals surface area contributed by atoms with Gasteiger partial charge in [0, 0.05) is 41.7 Å². The minimum atomic E-state index is 0.103. The maximum Gasteiger partial charge on any atom is 0.226 e. The molecule has 0 aliphatic carbocycles. The van der Waals surface area contributed by atoms with E-state index in [0.29, 0.717) is 6.42 Å². The number of thiophene rings is 1. The Morgan fingerprint density at radius 1 is 1.16 bits per heavy atom. The summed E-state index contributed by atoms with van der Waals surface area (Å²) in [5, 5.41) is 10.0. The summed E-state index contributed by atoms with van der Waals surface area (Å²) in [5.41, 5.74) is 4.55. The van der Waals surface area contributed by atoms with E-state index in [1.165, 1.54) is 21.2 Å². The largest absolute Gasteiger partial charge is 0.364 e. The first-order valence-corrected chi connectivity index (χ1v) is 9.55. The Kier molecular flexibility index (Phi) is 3.50. The molecule has 1 atom stereocenters. The number of carbonyl (C=O) groups is 1. The Labute approximate surface area is 150 Å². The van der Waals surface area contributed by atoms with Gasteiger partial charge in [0.2, 0.25) is 5.91 Å². The van der Waals surface area contributed by atoms with Gasteiger partial charge >= 0.3 is 0 Å². The summed E-state index contributed by atoms with van der Waals surface area (Å²) in [6.45, 7) is 2.74. The highest BCUT2D eigenvalue weighted by Crippen LogP contribution is 2.39. The first-order chi connectivity index (χ1) is 12.3. The topological polar surface area (TPSA) is 44.4 Å². The van der Waals surface area contributed by atoms with Gasteiger partial charge in [-0.25, -0.2) is 0 Å². The van der Waals surface area contributed by atoms with E-state index in [9.17, 15) is 4.79 Å². The lowest BCUT2D eigenvalue weighted by molar-refractivity contribution is -0.116. The Hall–Kier alpha value is -2.37. The molecule has 0 spiro atoms. The first kappa shape index (κ1) is 14.9. The second-order valence-electron chi connectivity index (χ2n) is 6.68. The van der Waals surface area contributed by atoms with Crippen molar-refractivity contribution in [1.29, 1.82) is 0 Å². The second kappa shape index (κ2) is 5.86. The molecule has 0 bridgehead atoms. The summed E-state index contributed by atoms with van der Waals surface area (Å²) in [6.07, 6.45) is 0.540. The number of carbonyl (C=O) groups excluding carboxylic acids is 1. The normalized spacial score (nSPS) is 19.9. The van der Waals surface area contributed by atoms with E-state index in [-0.39, 0.29) is 11.9 Å². The molecule has 5 rings (SSSR count). The fourth-order valence-electron chi connectivity index (χ4n) is 3.92. The Morgan fingerprint density at radius 2 is 2.08 bits per heavy atom. The number of hydrogen-bond donors (Lipinski definition) is 2. The summed E-state index contributed by atoms with van der Waals surface area (Å²) < 4.78 is 1.31. The van der Waals surface area contributed by atoms with E-state index >= 15 is 0 Å². The highest BCUT2D eigenvalue weighted by Gasteiger charge is 2.30. The van der Waals surface area contributed by atoms with E-state index in [1.807, 2.05) is 0 Å². The van der Waals surface area contributed by atoms with Crippen LogP contribution in [0.2, 0.25) is 0 Å². The van der Waals surface area contributed by atoms with Crippen molar-refractivity contribution in [2.24, 2.45) is 0 Å². The SMILES string of the molecule is O=C1CC2CNCCN2c2cc(-c3csc4ccccc34)ccc2N1. The molecule has 2 aliphatic heterocycles. The van der Waals surface area contributed by atoms with Gasteiger partial charge in [-0.3, -0.25) is 4.79 Å². The average molecular weight is 349 g/mol. The summed E-state index contributed by atoms with van der Waals surface area (Å²) in [7, 11) is 0. The van der Waals surface area contributed by atoms with Gasteiger partial charge in [-0.15, -0.1) is 11.3 Å². The molecule has 3 heterocycles. The van der Waals surface area contributed by atoms with Crippen LogP contribution < -0.4 is 15.5 Å². The van der Waals surface area contributed by atoms with Crippen LogP contribution in [0.15, 0.2) is 47.8 Å². The molecule has 1 fully saturated rings. The lowest BCUT2D eigenvalue weighted by atomic mass is 10.0. The van der Waals surface area contributed by atoms with Crippen molar-refractivity contribution in [3.05, 3.63) is 47.8 Å². The molecule has 5 heteroatoms.